The summed E-state index contributed by atoms with van der Waals surface area (Å²) in [5, 5.41) is 4.45. The molecule has 2 rings (SSSR count). The number of halogens is 3. The Hall–Kier alpha value is -1.22. The Labute approximate surface area is 132 Å². The lowest BCUT2D eigenvalue weighted by atomic mass is 10.1. The molecule has 0 heterocycles. The number of benzene rings is 2. The molecule has 20 heavy (non-hydrogen) atoms. The van der Waals surface area contributed by atoms with Gasteiger partial charge in [-0.2, -0.15) is 0 Å². The normalized spacial score (nSPS) is 10.3. The Balaban J connectivity index is 1.96. The van der Waals surface area contributed by atoms with Gasteiger partial charge in [0.05, 0.1) is 6.42 Å². The molecule has 2 aromatic rings. The van der Waals surface area contributed by atoms with Crippen molar-refractivity contribution in [2.45, 2.75) is 13.0 Å². The predicted octanol–water partition coefficient (Wildman–Crippen LogP) is 4.51. The second kappa shape index (κ2) is 6.98. The fourth-order valence-electron chi connectivity index (χ4n) is 1.77. The quantitative estimate of drug-likeness (QED) is 0.879. The molecule has 1 N–H and O–H groups in total. The van der Waals surface area contributed by atoms with Gasteiger partial charge < -0.3 is 5.32 Å². The Morgan fingerprint density at radius 3 is 2.30 bits per heavy atom. The molecule has 0 atom stereocenters. The summed E-state index contributed by atoms with van der Waals surface area (Å²) in [7, 11) is 0. The third-order valence-corrected chi connectivity index (χ3v) is 3.72. The zero-order valence-corrected chi connectivity index (χ0v) is 12.8. The highest BCUT2D eigenvalue weighted by atomic mass is 35.5. The van der Waals surface area contributed by atoms with Crippen molar-refractivity contribution in [3.05, 3.63) is 68.7 Å². The third-order valence-electron chi connectivity index (χ3n) is 2.78. The second-order valence-electron chi connectivity index (χ2n) is 4.28. The number of hydrogen-bond donors (Lipinski definition) is 1. The summed E-state index contributed by atoms with van der Waals surface area (Å²) >= 11 is 17.9. The number of rotatable bonds is 4. The molecule has 0 aliphatic heterocycles. The van der Waals surface area contributed by atoms with Crippen molar-refractivity contribution in [1.82, 2.24) is 5.32 Å². The highest BCUT2D eigenvalue weighted by Gasteiger charge is 2.10. The van der Waals surface area contributed by atoms with Crippen LogP contribution < -0.4 is 5.32 Å². The van der Waals surface area contributed by atoms with E-state index < -0.39 is 0 Å². The zero-order chi connectivity index (χ0) is 14.5. The van der Waals surface area contributed by atoms with Gasteiger partial charge in [-0.3, -0.25) is 4.79 Å². The molecule has 0 saturated carbocycles. The standard InChI is InChI=1S/C15H12Cl3NO/c16-11-4-1-3-10(7-11)9-19-15(20)8-12-13(17)5-2-6-14(12)18/h1-7H,8-9H2,(H,19,20). The molecule has 0 bridgehead atoms. The van der Waals surface area contributed by atoms with Crippen LogP contribution in [0.2, 0.25) is 15.1 Å². The van der Waals surface area contributed by atoms with Crippen LogP contribution in [-0.2, 0) is 17.8 Å². The Kier molecular flexibility index (Phi) is 5.30. The smallest absolute Gasteiger partial charge is 0.224 e. The summed E-state index contributed by atoms with van der Waals surface area (Å²) in [6.07, 6.45) is 0.152. The molecule has 0 aliphatic carbocycles. The van der Waals surface area contributed by atoms with Gasteiger partial charge in [0.25, 0.3) is 0 Å². The van der Waals surface area contributed by atoms with Crippen molar-refractivity contribution in [3.8, 4) is 0 Å². The SMILES string of the molecule is O=C(Cc1c(Cl)cccc1Cl)NCc1cccc(Cl)c1. The van der Waals surface area contributed by atoms with Crippen LogP contribution >= 0.6 is 34.8 Å². The first kappa shape index (κ1) is 15.2. The highest BCUT2D eigenvalue weighted by Crippen LogP contribution is 2.24. The molecule has 1 amide bonds. The monoisotopic (exact) mass is 327 g/mol. The molecule has 2 nitrogen and oxygen atoms in total. The van der Waals surface area contributed by atoms with Crippen LogP contribution in [0.5, 0.6) is 0 Å². The van der Waals surface area contributed by atoms with Crippen LogP contribution in [0.15, 0.2) is 42.5 Å². The molecule has 0 fully saturated rings. The van der Waals surface area contributed by atoms with Crippen LogP contribution in [0.4, 0.5) is 0 Å². The average Bonchev–Trinajstić information content (AvgIpc) is 2.41. The summed E-state index contributed by atoms with van der Waals surface area (Å²) in [4.78, 5) is 11.9. The lowest BCUT2D eigenvalue weighted by Gasteiger charge is -2.08. The topological polar surface area (TPSA) is 29.1 Å². The lowest BCUT2D eigenvalue weighted by Crippen LogP contribution is -2.24. The van der Waals surface area contributed by atoms with E-state index in [1.165, 1.54) is 0 Å². The minimum Gasteiger partial charge on any atom is -0.352 e. The molecule has 0 aliphatic rings. The molecule has 5 heteroatoms. The van der Waals surface area contributed by atoms with Gasteiger partial charge in [-0.05, 0) is 35.4 Å². The molecular formula is C15H12Cl3NO. The average molecular weight is 329 g/mol. The van der Waals surface area contributed by atoms with Crippen molar-refractivity contribution in [2.24, 2.45) is 0 Å². The van der Waals surface area contributed by atoms with E-state index in [1.54, 1.807) is 24.3 Å². The third kappa shape index (κ3) is 4.14. The molecule has 0 aromatic heterocycles. The van der Waals surface area contributed by atoms with Crippen molar-refractivity contribution in [1.29, 1.82) is 0 Å². The molecule has 0 spiro atoms. The molecule has 0 radical (unpaired) electrons. The van der Waals surface area contributed by atoms with Crippen LogP contribution in [-0.4, -0.2) is 5.91 Å². The number of nitrogens with one attached hydrogen (secondary N) is 1. The lowest BCUT2D eigenvalue weighted by molar-refractivity contribution is -0.120. The largest absolute Gasteiger partial charge is 0.352 e. The Morgan fingerprint density at radius 1 is 1.00 bits per heavy atom. The summed E-state index contributed by atoms with van der Waals surface area (Å²) in [6, 6.07) is 12.5. The number of carbonyl (C=O) groups is 1. The Morgan fingerprint density at radius 2 is 1.65 bits per heavy atom. The predicted molar refractivity (Wildman–Crippen MR) is 83.5 cm³/mol. The van der Waals surface area contributed by atoms with Crippen molar-refractivity contribution in [2.75, 3.05) is 0 Å². The van der Waals surface area contributed by atoms with Crippen LogP contribution in [0.25, 0.3) is 0 Å². The summed E-state index contributed by atoms with van der Waals surface area (Å²) in [5.41, 5.74) is 1.58. The van der Waals surface area contributed by atoms with E-state index >= 15 is 0 Å². The van der Waals surface area contributed by atoms with Gasteiger partial charge >= 0.3 is 0 Å². The first-order chi connectivity index (χ1) is 9.56. The molecular weight excluding hydrogens is 317 g/mol. The van der Waals surface area contributed by atoms with Crippen molar-refractivity contribution in [3.63, 3.8) is 0 Å². The van der Waals surface area contributed by atoms with E-state index in [9.17, 15) is 4.79 Å². The van der Waals surface area contributed by atoms with Crippen LogP contribution in [0, 0.1) is 0 Å². The van der Waals surface area contributed by atoms with E-state index in [2.05, 4.69) is 5.32 Å². The molecule has 2 aromatic carbocycles. The van der Waals surface area contributed by atoms with Gasteiger partial charge in [0, 0.05) is 21.6 Å². The van der Waals surface area contributed by atoms with Crippen molar-refractivity contribution < 1.29 is 4.79 Å². The fraction of sp³-hybridized carbons (Fsp3) is 0.133. The highest BCUT2D eigenvalue weighted by molar-refractivity contribution is 6.36. The van der Waals surface area contributed by atoms with Gasteiger partial charge in [0.15, 0.2) is 0 Å². The van der Waals surface area contributed by atoms with Crippen LogP contribution in [0.3, 0.4) is 0 Å². The van der Waals surface area contributed by atoms with Gasteiger partial charge in [-0.1, -0.05) is 53.0 Å². The second-order valence-corrected chi connectivity index (χ2v) is 5.53. The van der Waals surface area contributed by atoms with E-state index in [-0.39, 0.29) is 12.3 Å². The fourth-order valence-corrected chi connectivity index (χ4v) is 2.52. The minimum atomic E-state index is -0.139. The first-order valence-electron chi connectivity index (χ1n) is 6.00. The Bertz CT molecular complexity index is 608. The zero-order valence-electron chi connectivity index (χ0n) is 10.5. The van der Waals surface area contributed by atoms with E-state index in [1.807, 2.05) is 18.2 Å². The van der Waals surface area contributed by atoms with Crippen molar-refractivity contribution >= 4 is 40.7 Å². The number of carbonyl (C=O) groups excluding carboxylic acids is 1. The maximum atomic E-state index is 11.9. The summed E-state index contributed by atoms with van der Waals surface area (Å²) in [6.45, 7) is 0.418. The molecule has 104 valence electrons. The van der Waals surface area contributed by atoms with Gasteiger partial charge in [0.1, 0.15) is 0 Å². The maximum Gasteiger partial charge on any atom is 0.224 e. The minimum absolute atomic E-state index is 0.139. The number of amides is 1. The van der Waals surface area contributed by atoms with Crippen LogP contribution in [0.1, 0.15) is 11.1 Å². The molecule has 0 saturated heterocycles. The van der Waals surface area contributed by atoms with Gasteiger partial charge in [-0.15, -0.1) is 0 Å². The molecule has 0 unspecified atom stereocenters. The summed E-state index contributed by atoms with van der Waals surface area (Å²) < 4.78 is 0. The maximum absolute atomic E-state index is 11.9. The van der Waals surface area contributed by atoms with E-state index in [4.69, 9.17) is 34.8 Å². The van der Waals surface area contributed by atoms with Gasteiger partial charge in [-0.25, -0.2) is 0 Å². The van der Waals surface area contributed by atoms with Gasteiger partial charge in [0.2, 0.25) is 5.91 Å². The first-order valence-corrected chi connectivity index (χ1v) is 7.13. The van der Waals surface area contributed by atoms with E-state index in [0.29, 0.717) is 27.2 Å². The number of hydrogen-bond acceptors (Lipinski definition) is 1. The summed E-state index contributed by atoms with van der Waals surface area (Å²) in [5.74, 6) is -0.139. The van der Waals surface area contributed by atoms with E-state index in [0.717, 1.165) is 5.56 Å².